The van der Waals surface area contributed by atoms with Gasteiger partial charge in [0, 0.05) is 12.5 Å². The average molecular weight is 251 g/mol. The summed E-state index contributed by atoms with van der Waals surface area (Å²) in [6.45, 7) is 2.44. The first kappa shape index (κ1) is 12.0. The van der Waals surface area contributed by atoms with Crippen LogP contribution in [0.4, 0.5) is 0 Å². The van der Waals surface area contributed by atoms with Gasteiger partial charge in [-0.3, -0.25) is 9.59 Å². The molecule has 1 amide bonds. The third kappa shape index (κ3) is 1.73. The number of carbonyl (C=O) groups excluding carboxylic acids is 1. The summed E-state index contributed by atoms with van der Waals surface area (Å²) >= 11 is 0. The Morgan fingerprint density at radius 3 is 2.33 bits per heavy atom. The van der Waals surface area contributed by atoms with Crippen molar-refractivity contribution in [2.24, 2.45) is 29.6 Å². The summed E-state index contributed by atoms with van der Waals surface area (Å²) in [6, 6.07) is 0. The standard InChI is InChI=1S/C14H21NO3/c1-2-5-15(7-10(16)17)14(18)13-11-8-3-4-9(6-8)12(11)13/h8-9,11-13H,2-7H2,1H3,(H,16,17)/t8-,9-,11-,12+,13?/m0/s1. The maximum absolute atomic E-state index is 12.4. The highest BCUT2D eigenvalue weighted by Gasteiger charge is 2.67. The molecule has 0 saturated heterocycles. The highest BCUT2D eigenvalue weighted by atomic mass is 16.4. The first-order valence-electron chi connectivity index (χ1n) is 7.14. The van der Waals surface area contributed by atoms with Gasteiger partial charge in [0.05, 0.1) is 0 Å². The van der Waals surface area contributed by atoms with E-state index in [9.17, 15) is 9.59 Å². The molecule has 3 aliphatic carbocycles. The number of amides is 1. The van der Waals surface area contributed by atoms with Gasteiger partial charge in [0.25, 0.3) is 0 Å². The SMILES string of the molecule is CCCN(CC(=O)O)C(=O)C1[C@@H]2[C@H]3CC[C@@H](C3)[C@H]12. The molecule has 0 aromatic rings. The summed E-state index contributed by atoms with van der Waals surface area (Å²) in [7, 11) is 0. The van der Waals surface area contributed by atoms with Crippen molar-refractivity contribution in [1.29, 1.82) is 0 Å². The van der Waals surface area contributed by atoms with Gasteiger partial charge in [0.2, 0.25) is 5.91 Å². The summed E-state index contributed by atoms with van der Waals surface area (Å²) in [4.78, 5) is 24.8. The second-order valence-electron chi connectivity index (χ2n) is 6.17. The fourth-order valence-corrected chi connectivity index (χ4v) is 4.57. The Morgan fingerprint density at radius 2 is 1.83 bits per heavy atom. The minimum absolute atomic E-state index is 0.117. The van der Waals surface area contributed by atoms with Crippen LogP contribution in [0.5, 0.6) is 0 Å². The van der Waals surface area contributed by atoms with E-state index in [4.69, 9.17) is 5.11 Å². The van der Waals surface area contributed by atoms with Gasteiger partial charge in [-0.05, 0) is 49.4 Å². The molecule has 4 nitrogen and oxygen atoms in total. The molecule has 0 aromatic carbocycles. The summed E-state index contributed by atoms with van der Waals surface area (Å²) < 4.78 is 0. The molecule has 1 N–H and O–H groups in total. The van der Waals surface area contributed by atoms with E-state index in [0.717, 1.165) is 18.3 Å². The maximum Gasteiger partial charge on any atom is 0.323 e. The zero-order chi connectivity index (χ0) is 12.9. The molecular weight excluding hydrogens is 230 g/mol. The Labute approximate surface area is 107 Å². The molecule has 3 rings (SSSR count). The molecule has 100 valence electrons. The van der Waals surface area contributed by atoms with Crippen molar-refractivity contribution >= 4 is 11.9 Å². The molecule has 0 heterocycles. The van der Waals surface area contributed by atoms with E-state index in [0.29, 0.717) is 18.4 Å². The summed E-state index contributed by atoms with van der Waals surface area (Å²) in [5.74, 6) is 2.12. The molecule has 0 spiro atoms. The molecule has 3 saturated carbocycles. The number of hydrogen-bond donors (Lipinski definition) is 1. The number of fused-ring (bicyclic) bond motifs is 5. The third-order valence-electron chi connectivity index (χ3n) is 5.15. The molecule has 1 unspecified atom stereocenters. The van der Waals surface area contributed by atoms with Gasteiger partial charge in [0.15, 0.2) is 0 Å². The number of aliphatic carboxylic acids is 1. The zero-order valence-corrected chi connectivity index (χ0v) is 10.8. The molecule has 2 bridgehead atoms. The predicted octanol–water partition coefficient (Wildman–Crippen LogP) is 1.60. The minimum Gasteiger partial charge on any atom is -0.480 e. The smallest absolute Gasteiger partial charge is 0.323 e. The van der Waals surface area contributed by atoms with Crippen molar-refractivity contribution in [3.63, 3.8) is 0 Å². The van der Waals surface area contributed by atoms with Crippen LogP contribution in [0.2, 0.25) is 0 Å². The van der Waals surface area contributed by atoms with E-state index in [1.807, 2.05) is 6.92 Å². The largest absolute Gasteiger partial charge is 0.480 e. The van der Waals surface area contributed by atoms with E-state index in [2.05, 4.69) is 0 Å². The van der Waals surface area contributed by atoms with Crippen LogP contribution in [0.25, 0.3) is 0 Å². The van der Waals surface area contributed by atoms with Crippen molar-refractivity contribution in [3.8, 4) is 0 Å². The van der Waals surface area contributed by atoms with Crippen molar-refractivity contribution in [3.05, 3.63) is 0 Å². The summed E-state index contributed by atoms with van der Waals surface area (Å²) in [5.41, 5.74) is 0. The molecule has 18 heavy (non-hydrogen) atoms. The summed E-state index contributed by atoms with van der Waals surface area (Å²) in [5, 5.41) is 8.89. The Bertz CT molecular complexity index is 365. The lowest BCUT2D eigenvalue weighted by Gasteiger charge is -2.21. The van der Waals surface area contributed by atoms with E-state index in [1.54, 1.807) is 4.90 Å². The Hall–Kier alpha value is -1.06. The van der Waals surface area contributed by atoms with Gasteiger partial charge in [-0.2, -0.15) is 0 Å². The van der Waals surface area contributed by atoms with Gasteiger partial charge in [-0.15, -0.1) is 0 Å². The average Bonchev–Trinajstić information content (AvgIpc) is 2.75. The second kappa shape index (κ2) is 4.25. The zero-order valence-electron chi connectivity index (χ0n) is 10.8. The predicted molar refractivity (Wildman–Crippen MR) is 65.8 cm³/mol. The molecule has 0 radical (unpaired) electrons. The molecule has 3 fully saturated rings. The third-order valence-corrected chi connectivity index (χ3v) is 5.15. The number of carboxylic acid groups (broad SMARTS) is 1. The number of nitrogens with zero attached hydrogens (tertiary/aromatic N) is 1. The van der Waals surface area contributed by atoms with Crippen molar-refractivity contribution in [2.45, 2.75) is 32.6 Å². The van der Waals surface area contributed by atoms with Crippen LogP contribution < -0.4 is 0 Å². The number of hydrogen-bond acceptors (Lipinski definition) is 2. The monoisotopic (exact) mass is 251 g/mol. The second-order valence-corrected chi connectivity index (χ2v) is 6.17. The highest BCUT2D eigenvalue weighted by Crippen LogP contribution is 2.69. The number of carboxylic acids is 1. The van der Waals surface area contributed by atoms with Crippen molar-refractivity contribution in [1.82, 2.24) is 4.90 Å². The lowest BCUT2D eigenvalue weighted by atomic mass is 10.0. The van der Waals surface area contributed by atoms with Gasteiger partial charge in [-0.25, -0.2) is 0 Å². The molecule has 4 heteroatoms. The lowest BCUT2D eigenvalue weighted by Crippen LogP contribution is -2.38. The van der Waals surface area contributed by atoms with Gasteiger partial charge < -0.3 is 10.0 Å². The number of rotatable bonds is 5. The van der Waals surface area contributed by atoms with Crippen LogP contribution in [0.1, 0.15) is 32.6 Å². The fraction of sp³-hybridized carbons (Fsp3) is 0.857. The van der Waals surface area contributed by atoms with Crippen LogP contribution in [0, 0.1) is 29.6 Å². The molecule has 5 atom stereocenters. The summed E-state index contributed by atoms with van der Waals surface area (Å²) in [6.07, 6.45) is 4.74. The van der Waals surface area contributed by atoms with Crippen molar-refractivity contribution in [2.75, 3.05) is 13.1 Å². The van der Waals surface area contributed by atoms with Crippen LogP contribution in [-0.4, -0.2) is 35.0 Å². The normalized spacial score (nSPS) is 39.5. The van der Waals surface area contributed by atoms with Gasteiger partial charge in [0.1, 0.15) is 6.54 Å². The van der Waals surface area contributed by atoms with Gasteiger partial charge >= 0.3 is 5.97 Å². The maximum atomic E-state index is 12.4. The van der Waals surface area contributed by atoms with E-state index in [-0.39, 0.29) is 18.4 Å². The van der Waals surface area contributed by atoms with Crippen LogP contribution in [0.3, 0.4) is 0 Å². The first-order valence-corrected chi connectivity index (χ1v) is 7.14. The highest BCUT2D eigenvalue weighted by molar-refractivity contribution is 5.86. The molecule has 0 aromatic heterocycles. The van der Waals surface area contributed by atoms with Crippen LogP contribution in [-0.2, 0) is 9.59 Å². The van der Waals surface area contributed by atoms with E-state index >= 15 is 0 Å². The van der Waals surface area contributed by atoms with Gasteiger partial charge in [-0.1, -0.05) is 6.92 Å². The fourth-order valence-electron chi connectivity index (χ4n) is 4.57. The van der Waals surface area contributed by atoms with Crippen LogP contribution in [0.15, 0.2) is 0 Å². The topological polar surface area (TPSA) is 57.6 Å². The Kier molecular flexibility index (Phi) is 2.83. The molecule has 0 aliphatic heterocycles. The number of carbonyl (C=O) groups is 2. The molecule has 3 aliphatic rings. The quantitative estimate of drug-likeness (QED) is 0.807. The van der Waals surface area contributed by atoms with Crippen LogP contribution >= 0.6 is 0 Å². The van der Waals surface area contributed by atoms with E-state index < -0.39 is 5.97 Å². The Morgan fingerprint density at radius 1 is 1.22 bits per heavy atom. The first-order chi connectivity index (χ1) is 8.63. The van der Waals surface area contributed by atoms with Crippen molar-refractivity contribution < 1.29 is 14.7 Å². The molecular formula is C14H21NO3. The Balaban J connectivity index is 1.65. The van der Waals surface area contributed by atoms with E-state index in [1.165, 1.54) is 19.3 Å². The minimum atomic E-state index is -0.898. The lowest BCUT2D eigenvalue weighted by molar-refractivity contribution is -0.145.